The number of hydrogen-bond donors (Lipinski definition) is 1. The third-order valence-electron chi connectivity index (χ3n) is 2.63. The third-order valence-corrected chi connectivity index (χ3v) is 2.63. The summed E-state index contributed by atoms with van der Waals surface area (Å²) in [4.78, 5) is 15.9. The summed E-state index contributed by atoms with van der Waals surface area (Å²) in [6, 6.07) is 7.33. The molecule has 1 aromatic carbocycles. The minimum Gasteiger partial charge on any atom is -0.492 e. The first kappa shape index (κ1) is 13.1. The van der Waals surface area contributed by atoms with E-state index < -0.39 is 0 Å². The highest BCUT2D eigenvalue weighted by Gasteiger charge is 2.12. The number of carbonyl (C=O) groups is 1. The van der Waals surface area contributed by atoms with E-state index in [1.54, 1.807) is 13.0 Å². The minimum absolute atomic E-state index is 0.159. The number of benzene rings is 1. The summed E-state index contributed by atoms with van der Waals surface area (Å²) in [6.07, 6.45) is 1.50. The molecule has 1 aromatic heterocycles. The Labute approximate surface area is 111 Å². The van der Waals surface area contributed by atoms with E-state index in [1.165, 1.54) is 6.39 Å². The van der Waals surface area contributed by atoms with E-state index in [1.807, 2.05) is 25.1 Å². The fraction of sp³-hybridized carbons (Fsp3) is 0.286. The van der Waals surface area contributed by atoms with Crippen molar-refractivity contribution in [3.63, 3.8) is 0 Å². The normalized spacial score (nSPS) is 10.2. The van der Waals surface area contributed by atoms with Gasteiger partial charge in [-0.15, -0.1) is 0 Å². The van der Waals surface area contributed by atoms with Crippen molar-refractivity contribution < 1.29 is 13.9 Å². The molecule has 0 aliphatic rings. The standard InChI is InChI=1S/C14H16N2O3/c1-3-18-12-7-5-4-6-11(12)16-14(17)8-13-10(2)15-9-19-13/h4-7,9H,3,8H2,1-2H3,(H,16,17). The third kappa shape index (κ3) is 3.34. The second-order valence-electron chi connectivity index (χ2n) is 4.02. The van der Waals surface area contributed by atoms with Gasteiger partial charge in [-0.2, -0.15) is 0 Å². The van der Waals surface area contributed by atoms with E-state index >= 15 is 0 Å². The molecule has 1 amide bonds. The molecule has 0 aliphatic heterocycles. The number of aromatic nitrogens is 1. The number of para-hydroxylation sites is 2. The van der Waals surface area contributed by atoms with E-state index in [9.17, 15) is 4.79 Å². The summed E-state index contributed by atoms with van der Waals surface area (Å²) in [5.41, 5.74) is 1.39. The lowest BCUT2D eigenvalue weighted by molar-refractivity contribution is -0.115. The average Bonchev–Trinajstić information content (AvgIpc) is 2.78. The zero-order valence-corrected chi connectivity index (χ0v) is 11.0. The van der Waals surface area contributed by atoms with Crippen molar-refractivity contribution in [2.75, 3.05) is 11.9 Å². The highest BCUT2D eigenvalue weighted by molar-refractivity contribution is 5.93. The molecule has 2 rings (SSSR count). The quantitative estimate of drug-likeness (QED) is 0.897. The van der Waals surface area contributed by atoms with Crippen LogP contribution in [0.3, 0.4) is 0 Å². The van der Waals surface area contributed by atoms with Crippen molar-refractivity contribution in [3.05, 3.63) is 42.1 Å². The van der Waals surface area contributed by atoms with Crippen LogP contribution in [0.2, 0.25) is 0 Å². The van der Waals surface area contributed by atoms with E-state index in [4.69, 9.17) is 9.15 Å². The van der Waals surface area contributed by atoms with E-state index in [2.05, 4.69) is 10.3 Å². The van der Waals surface area contributed by atoms with Crippen LogP contribution >= 0.6 is 0 Å². The van der Waals surface area contributed by atoms with Gasteiger partial charge in [-0.25, -0.2) is 4.98 Å². The molecule has 0 aliphatic carbocycles. The van der Waals surface area contributed by atoms with Gasteiger partial charge in [-0.3, -0.25) is 4.79 Å². The van der Waals surface area contributed by atoms with Crippen molar-refractivity contribution in [2.24, 2.45) is 0 Å². The zero-order valence-electron chi connectivity index (χ0n) is 11.0. The number of aryl methyl sites for hydroxylation is 1. The van der Waals surface area contributed by atoms with Gasteiger partial charge in [-0.1, -0.05) is 12.1 Å². The van der Waals surface area contributed by atoms with E-state index in [-0.39, 0.29) is 12.3 Å². The van der Waals surface area contributed by atoms with Crippen molar-refractivity contribution >= 4 is 11.6 Å². The van der Waals surface area contributed by atoms with Gasteiger partial charge in [0.2, 0.25) is 5.91 Å². The lowest BCUT2D eigenvalue weighted by Gasteiger charge is -2.10. The molecule has 19 heavy (non-hydrogen) atoms. The zero-order chi connectivity index (χ0) is 13.7. The number of nitrogens with zero attached hydrogens (tertiary/aromatic N) is 1. The molecule has 100 valence electrons. The van der Waals surface area contributed by atoms with Gasteiger partial charge in [0.05, 0.1) is 24.4 Å². The van der Waals surface area contributed by atoms with Crippen molar-refractivity contribution in [1.82, 2.24) is 4.98 Å². The van der Waals surface area contributed by atoms with Crippen LogP contribution in [0.25, 0.3) is 0 Å². The molecule has 0 saturated carbocycles. The second kappa shape index (κ2) is 6.04. The Hall–Kier alpha value is -2.30. The summed E-state index contributed by atoms with van der Waals surface area (Å²) in [5, 5.41) is 2.81. The predicted octanol–water partition coefficient (Wildman–Crippen LogP) is 2.56. The Morgan fingerprint density at radius 2 is 2.21 bits per heavy atom. The maximum atomic E-state index is 11.9. The highest BCUT2D eigenvalue weighted by atomic mass is 16.5. The molecule has 5 heteroatoms. The molecule has 0 radical (unpaired) electrons. The first-order valence-electron chi connectivity index (χ1n) is 6.11. The van der Waals surface area contributed by atoms with Gasteiger partial charge in [0.1, 0.15) is 11.5 Å². The summed E-state index contributed by atoms with van der Waals surface area (Å²) < 4.78 is 10.6. The molecular weight excluding hydrogens is 244 g/mol. The molecule has 0 unspecified atom stereocenters. The topological polar surface area (TPSA) is 64.4 Å². The summed E-state index contributed by atoms with van der Waals surface area (Å²) >= 11 is 0. The van der Waals surface area contributed by atoms with Gasteiger partial charge in [0.25, 0.3) is 0 Å². The molecule has 0 saturated heterocycles. The maximum absolute atomic E-state index is 11.9. The number of nitrogens with one attached hydrogen (secondary N) is 1. The summed E-state index contributed by atoms with van der Waals surface area (Å²) in [5.74, 6) is 1.08. The van der Waals surface area contributed by atoms with Crippen molar-refractivity contribution in [1.29, 1.82) is 0 Å². The van der Waals surface area contributed by atoms with Crippen molar-refractivity contribution in [3.8, 4) is 5.75 Å². The Kier molecular flexibility index (Phi) is 4.18. The predicted molar refractivity (Wildman–Crippen MR) is 71.2 cm³/mol. The number of anilines is 1. The van der Waals surface area contributed by atoms with Crippen LogP contribution in [0.5, 0.6) is 5.75 Å². The number of ether oxygens (including phenoxy) is 1. The monoisotopic (exact) mass is 260 g/mol. The van der Waals surface area contributed by atoms with Gasteiger partial charge >= 0.3 is 0 Å². The van der Waals surface area contributed by atoms with Gasteiger partial charge < -0.3 is 14.5 Å². The molecular formula is C14H16N2O3. The van der Waals surface area contributed by atoms with Crippen LogP contribution in [0.4, 0.5) is 5.69 Å². The fourth-order valence-electron chi connectivity index (χ4n) is 1.69. The molecule has 0 spiro atoms. The largest absolute Gasteiger partial charge is 0.492 e. The molecule has 2 aromatic rings. The van der Waals surface area contributed by atoms with Crippen LogP contribution in [-0.4, -0.2) is 17.5 Å². The van der Waals surface area contributed by atoms with Gasteiger partial charge in [0.15, 0.2) is 6.39 Å². The smallest absolute Gasteiger partial charge is 0.232 e. The van der Waals surface area contributed by atoms with Gasteiger partial charge in [0, 0.05) is 0 Å². The maximum Gasteiger partial charge on any atom is 0.232 e. The number of hydrogen-bond acceptors (Lipinski definition) is 4. The summed E-state index contributed by atoms with van der Waals surface area (Å²) in [7, 11) is 0. The minimum atomic E-state index is -0.160. The number of amides is 1. The van der Waals surface area contributed by atoms with Crippen LogP contribution in [-0.2, 0) is 11.2 Å². The highest BCUT2D eigenvalue weighted by Crippen LogP contribution is 2.23. The Morgan fingerprint density at radius 1 is 1.42 bits per heavy atom. The Morgan fingerprint density at radius 3 is 2.89 bits per heavy atom. The number of carbonyl (C=O) groups excluding carboxylic acids is 1. The number of rotatable bonds is 5. The average molecular weight is 260 g/mol. The molecule has 5 nitrogen and oxygen atoms in total. The Balaban J connectivity index is 2.05. The van der Waals surface area contributed by atoms with Crippen molar-refractivity contribution in [2.45, 2.75) is 20.3 Å². The molecule has 0 bridgehead atoms. The second-order valence-corrected chi connectivity index (χ2v) is 4.02. The van der Waals surface area contributed by atoms with Crippen LogP contribution in [0, 0.1) is 6.92 Å². The first-order chi connectivity index (χ1) is 9.20. The van der Waals surface area contributed by atoms with E-state index in [0.29, 0.717) is 23.8 Å². The SMILES string of the molecule is CCOc1ccccc1NC(=O)Cc1ocnc1C. The lowest BCUT2D eigenvalue weighted by Crippen LogP contribution is -2.15. The van der Waals surface area contributed by atoms with Gasteiger partial charge in [-0.05, 0) is 26.0 Å². The first-order valence-corrected chi connectivity index (χ1v) is 6.11. The van der Waals surface area contributed by atoms with Crippen LogP contribution in [0.1, 0.15) is 18.4 Å². The Bertz CT molecular complexity index is 563. The van der Waals surface area contributed by atoms with E-state index in [0.717, 1.165) is 5.69 Å². The summed E-state index contributed by atoms with van der Waals surface area (Å²) in [6.45, 7) is 4.25. The lowest BCUT2D eigenvalue weighted by atomic mass is 10.2. The van der Waals surface area contributed by atoms with Crippen LogP contribution < -0.4 is 10.1 Å². The number of oxazole rings is 1. The molecule has 1 heterocycles. The fourth-order valence-corrected chi connectivity index (χ4v) is 1.69. The molecule has 1 N–H and O–H groups in total. The van der Waals surface area contributed by atoms with Crippen LogP contribution in [0.15, 0.2) is 35.1 Å². The molecule has 0 atom stereocenters. The molecule has 0 fully saturated rings.